The smallest absolute Gasteiger partial charge is 0.390 e. The first kappa shape index (κ1) is 24.8. The molecule has 0 radical (unpaired) electrons. The van der Waals surface area contributed by atoms with E-state index in [9.17, 15) is 44.6 Å². The number of carbonyl (C=O) groups excluding carboxylic acids is 1. The molecule has 2 aliphatic rings. The van der Waals surface area contributed by atoms with Gasteiger partial charge in [0.15, 0.2) is 18.8 Å². The third-order valence-electron chi connectivity index (χ3n) is 4.81. The first-order valence-corrected chi connectivity index (χ1v) is 10.6. The second-order valence-corrected chi connectivity index (χ2v) is 8.52. The second kappa shape index (κ2) is 9.20. The number of nitrogens with zero attached hydrogens (tertiary/aromatic N) is 2. The van der Waals surface area contributed by atoms with Crippen molar-refractivity contribution in [2.45, 2.75) is 55.2 Å². The molecule has 16 nitrogen and oxygen atoms in total. The van der Waals surface area contributed by atoms with Crippen molar-refractivity contribution in [2.75, 3.05) is 12.3 Å². The molecule has 0 aromatic carbocycles. The van der Waals surface area contributed by atoms with Crippen molar-refractivity contribution >= 4 is 19.9 Å². The molecule has 0 saturated carbocycles. The van der Waals surface area contributed by atoms with Crippen molar-refractivity contribution < 1.29 is 58.3 Å². The lowest BCUT2D eigenvalue weighted by Gasteiger charge is -2.40. The van der Waals surface area contributed by atoms with Crippen molar-refractivity contribution in [1.82, 2.24) is 9.55 Å². The number of aliphatic hydroxyl groups is 5. The predicted octanol–water partition coefficient (Wildman–Crippen LogP) is -4.07. The molecule has 3 heterocycles. The number of rotatable bonds is 7. The van der Waals surface area contributed by atoms with Gasteiger partial charge >= 0.3 is 13.5 Å². The molecule has 3 rings (SSSR count). The molecule has 2 saturated heterocycles. The van der Waals surface area contributed by atoms with E-state index in [0.717, 1.165) is 10.8 Å². The van der Waals surface area contributed by atoms with E-state index in [1.54, 1.807) is 0 Å². The van der Waals surface area contributed by atoms with Gasteiger partial charge in [-0.1, -0.05) is 0 Å². The van der Waals surface area contributed by atoms with Gasteiger partial charge < -0.3 is 45.6 Å². The minimum absolute atomic E-state index is 0.0886. The molecule has 17 heteroatoms. The van der Waals surface area contributed by atoms with Gasteiger partial charge in [0.05, 0.1) is 12.7 Å². The van der Waals surface area contributed by atoms with Crippen molar-refractivity contribution in [3.05, 3.63) is 22.7 Å². The van der Waals surface area contributed by atoms with Crippen LogP contribution in [0.2, 0.25) is 0 Å². The normalized spacial score (nSPS) is 39.5. The van der Waals surface area contributed by atoms with Gasteiger partial charge in [0.2, 0.25) is 5.79 Å². The highest BCUT2D eigenvalue weighted by atomic mass is 31.2. The van der Waals surface area contributed by atoms with Crippen LogP contribution in [-0.4, -0.2) is 95.5 Å². The Kier molecular flexibility index (Phi) is 7.14. The number of aliphatic hydroxyl groups excluding tert-OH is 5. The highest BCUT2D eigenvalue weighted by Gasteiger charge is 2.52. The van der Waals surface area contributed by atoms with Crippen LogP contribution in [0.1, 0.15) is 12.6 Å². The highest BCUT2D eigenvalue weighted by molar-refractivity contribution is 7.47. The van der Waals surface area contributed by atoms with Crippen LogP contribution in [-0.2, 0) is 27.9 Å². The number of aromatic nitrogens is 2. The molecule has 0 amide bonds. The lowest BCUT2D eigenvalue weighted by molar-refractivity contribution is -0.321. The summed E-state index contributed by atoms with van der Waals surface area (Å²) in [4.78, 5) is 36.7. The van der Waals surface area contributed by atoms with Gasteiger partial charge in [0, 0.05) is 12.6 Å². The SMILES string of the molecule is Nc1ccn(C2OC(COP(=O)(O)OC3(C=O)CC(O)C(O)C(O)O3)C(O)C2O)c(=O)n1. The fraction of sp³-hybridized carbons (Fsp3) is 0.667. The Bertz CT molecular complexity index is 931. The Labute approximate surface area is 179 Å². The van der Waals surface area contributed by atoms with Crippen LogP contribution in [0.15, 0.2) is 17.1 Å². The van der Waals surface area contributed by atoms with Crippen LogP contribution in [0, 0.1) is 0 Å². The van der Waals surface area contributed by atoms with Crippen molar-refractivity contribution in [1.29, 1.82) is 0 Å². The van der Waals surface area contributed by atoms with E-state index >= 15 is 0 Å². The number of ether oxygens (including phenoxy) is 2. The van der Waals surface area contributed by atoms with Crippen LogP contribution in [0.4, 0.5) is 5.82 Å². The maximum Gasteiger partial charge on any atom is 0.475 e. The van der Waals surface area contributed by atoms with Crippen LogP contribution in [0.3, 0.4) is 0 Å². The summed E-state index contributed by atoms with van der Waals surface area (Å²) in [5, 5.41) is 49.0. The van der Waals surface area contributed by atoms with Gasteiger partial charge in [-0.15, -0.1) is 0 Å². The molecule has 1 aromatic rings. The molecular weight excluding hydrogens is 461 g/mol. The fourth-order valence-corrected chi connectivity index (χ4v) is 4.13. The van der Waals surface area contributed by atoms with Crippen molar-refractivity contribution in [3.8, 4) is 0 Å². The van der Waals surface area contributed by atoms with E-state index in [1.165, 1.54) is 6.07 Å². The Hall–Kier alpha value is -1.82. The lowest BCUT2D eigenvalue weighted by atomic mass is 10.0. The zero-order chi connectivity index (χ0) is 23.8. The van der Waals surface area contributed by atoms with E-state index in [0.29, 0.717) is 0 Å². The highest BCUT2D eigenvalue weighted by Crippen LogP contribution is 2.50. The quantitative estimate of drug-likeness (QED) is 0.144. The standard InChI is InChI=1S/C15H22N3O13P/c16-8-1-2-18(14(25)17-8)12-11(23)10(22)7(29-12)4-28-32(26,27)31-15(5-19)3-6(20)9(21)13(24)30-15/h1-2,5-7,9-13,20-24H,3-4H2,(H,26,27)(H2,16,17,25). The van der Waals surface area contributed by atoms with Crippen LogP contribution < -0.4 is 11.4 Å². The number of nitrogen functional groups attached to an aromatic ring is 1. The largest absolute Gasteiger partial charge is 0.475 e. The van der Waals surface area contributed by atoms with Gasteiger partial charge in [0.1, 0.15) is 30.2 Å². The monoisotopic (exact) mass is 483 g/mol. The molecule has 180 valence electrons. The Balaban J connectivity index is 1.67. The minimum Gasteiger partial charge on any atom is -0.390 e. The summed E-state index contributed by atoms with van der Waals surface area (Å²) in [6, 6.07) is 1.24. The average molecular weight is 483 g/mol. The molecule has 8 N–H and O–H groups in total. The van der Waals surface area contributed by atoms with Gasteiger partial charge in [-0.05, 0) is 6.07 Å². The zero-order valence-electron chi connectivity index (χ0n) is 16.1. The molecule has 9 atom stereocenters. The summed E-state index contributed by atoms with van der Waals surface area (Å²) in [5.74, 6) is -2.71. The van der Waals surface area contributed by atoms with Crippen LogP contribution >= 0.6 is 7.82 Å². The molecule has 2 aliphatic heterocycles. The Morgan fingerprint density at radius 3 is 2.56 bits per heavy atom. The molecule has 0 bridgehead atoms. The van der Waals surface area contributed by atoms with Gasteiger partial charge in [0.25, 0.3) is 0 Å². The first-order valence-electron chi connectivity index (χ1n) is 9.11. The molecule has 32 heavy (non-hydrogen) atoms. The summed E-state index contributed by atoms with van der Waals surface area (Å²) in [7, 11) is -5.15. The molecule has 0 aliphatic carbocycles. The number of aldehydes is 1. The zero-order valence-corrected chi connectivity index (χ0v) is 17.0. The Morgan fingerprint density at radius 1 is 1.28 bits per heavy atom. The van der Waals surface area contributed by atoms with E-state index in [2.05, 4.69) is 9.51 Å². The maximum absolute atomic E-state index is 12.3. The summed E-state index contributed by atoms with van der Waals surface area (Å²) in [6.45, 7) is -0.859. The minimum atomic E-state index is -5.15. The number of nitrogens with two attached hydrogens (primary N) is 1. The van der Waals surface area contributed by atoms with Crippen LogP contribution in [0.5, 0.6) is 0 Å². The Morgan fingerprint density at radius 2 is 1.97 bits per heavy atom. The summed E-state index contributed by atoms with van der Waals surface area (Å²) < 4.78 is 32.5. The molecule has 9 unspecified atom stereocenters. The molecular formula is C15H22N3O13P. The molecule has 2 fully saturated rings. The third-order valence-corrected chi connectivity index (χ3v) is 5.83. The van der Waals surface area contributed by atoms with Gasteiger partial charge in [-0.3, -0.25) is 13.9 Å². The lowest BCUT2D eigenvalue weighted by Crippen LogP contribution is -2.56. The fourth-order valence-electron chi connectivity index (χ4n) is 3.19. The van der Waals surface area contributed by atoms with E-state index in [4.69, 9.17) is 19.7 Å². The number of phosphoric acid groups is 1. The predicted molar refractivity (Wildman–Crippen MR) is 98.2 cm³/mol. The van der Waals surface area contributed by atoms with E-state index in [1.807, 2.05) is 0 Å². The third kappa shape index (κ3) is 5.05. The van der Waals surface area contributed by atoms with Crippen molar-refractivity contribution in [3.63, 3.8) is 0 Å². The van der Waals surface area contributed by atoms with E-state index < -0.39 is 75.4 Å². The summed E-state index contributed by atoms with van der Waals surface area (Å²) in [5.41, 5.74) is 4.50. The van der Waals surface area contributed by atoms with E-state index in [-0.39, 0.29) is 12.1 Å². The topological polar surface area (TPSA) is 253 Å². The average Bonchev–Trinajstić information content (AvgIpc) is 2.99. The first-order chi connectivity index (χ1) is 14.9. The molecule has 0 spiro atoms. The number of hydrogen-bond acceptors (Lipinski definition) is 14. The number of hydrogen-bond donors (Lipinski definition) is 7. The number of phosphoric ester groups is 1. The second-order valence-electron chi connectivity index (χ2n) is 7.14. The summed E-state index contributed by atoms with van der Waals surface area (Å²) >= 11 is 0. The molecule has 1 aromatic heterocycles. The maximum atomic E-state index is 12.3. The van der Waals surface area contributed by atoms with Gasteiger partial charge in [-0.2, -0.15) is 4.98 Å². The number of anilines is 1. The number of carbonyl (C=O) groups is 1. The van der Waals surface area contributed by atoms with Crippen molar-refractivity contribution in [2.24, 2.45) is 0 Å². The summed E-state index contributed by atoms with van der Waals surface area (Å²) in [6.07, 6.45) is -11.6. The van der Waals surface area contributed by atoms with Gasteiger partial charge in [-0.25, -0.2) is 13.9 Å². The van der Waals surface area contributed by atoms with Crippen LogP contribution in [0.25, 0.3) is 0 Å².